The summed E-state index contributed by atoms with van der Waals surface area (Å²) in [6.07, 6.45) is 3.34. The van der Waals surface area contributed by atoms with Gasteiger partial charge in [0.15, 0.2) is 5.82 Å². The number of nitrogens with zero attached hydrogens (tertiary/aromatic N) is 5. The van der Waals surface area contributed by atoms with Crippen LogP contribution in [-0.2, 0) is 35.8 Å². The van der Waals surface area contributed by atoms with Gasteiger partial charge in [-0.1, -0.05) is 46.2 Å². The van der Waals surface area contributed by atoms with Crippen LogP contribution >= 0.6 is 15.9 Å². The Morgan fingerprint density at radius 2 is 1.74 bits per heavy atom. The maximum atomic E-state index is 9.63. The molecule has 0 amide bonds. The molecule has 10 heteroatoms. The maximum absolute atomic E-state index is 9.63. The Balaban J connectivity index is 1.53. The van der Waals surface area contributed by atoms with E-state index < -0.39 is 16.1 Å². The highest BCUT2D eigenvalue weighted by Gasteiger charge is 2.54. The van der Waals surface area contributed by atoms with Crippen LogP contribution in [0, 0.1) is 22.7 Å². The molecule has 0 radical (unpaired) electrons. The van der Waals surface area contributed by atoms with E-state index in [1.54, 1.807) is 0 Å². The third-order valence-electron chi connectivity index (χ3n) is 8.32. The van der Waals surface area contributed by atoms with Crippen LogP contribution in [-0.4, -0.2) is 48.7 Å². The molecule has 1 saturated carbocycles. The van der Waals surface area contributed by atoms with Crippen molar-refractivity contribution in [3.63, 3.8) is 0 Å². The van der Waals surface area contributed by atoms with Gasteiger partial charge in [0.05, 0.1) is 16.6 Å². The number of halogens is 1. The molecule has 2 atom stereocenters. The van der Waals surface area contributed by atoms with Crippen molar-refractivity contribution in [2.45, 2.75) is 91.0 Å². The second-order valence-electron chi connectivity index (χ2n) is 14.2. The number of hydrogen-bond acceptors (Lipinski definition) is 5. The summed E-state index contributed by atoms with van der Waals surface area (Å²) in [6.45, 7) is 19.0. The Bertz CT molecular complexity index is 1430. The van der Waals surface area contributed by atoms with E-state index in [4.69, 9.17) is 19.6 Å². The van der Waals surface area contributed by atoms with Crippen molar-refractivity contribution in [1.29, 1.82) is 5.26 Å². The molecule has 2 aliphatic carbocycles. The topological polar surface area (TPSA) is 77.9 Å². The van der Waals surface area contributed by atoms with Gasteiger partial charge < -0.3 is 9.47 Å². The van der Waals surface area contributed by atoms with Gasteiger partial charge in [0.2, 0.25) is 0 Å². The van der Waals surface area contributed by atoms with Crippen LogP contribution < -0.4 is 0 Å². The van der Waals surface area contributed by atoms with Crippen molar-refractivity contribution in [2.75, 3.05) is 13.2 Å². The minimum Gasteiger partial charge on any atom is -0.361 e. The summed E-state index contributed by atoms with van der Waals surface area (Å²) in [4.78, 5) is 5.07. The molecule has 39 heavy (non-hydrogen) atoms. The van der Waals surface area contributed by atoms with E-state index in [-0.39, 0.29) is 0 Å². The fraction of sp³-hybridized carbons (Fsp3) is 0.621. The fourth-order valence-corrected chi connectivity index (χ4v) is 7.44. The highest BCUT2D eigenvalue weighted by molar-refractivity contribution is 9.10. The van der Waals surface area contributed by atoms with Crippen molar-refractivity contribution >= 4 is 43.1 Å². The van der Waals surface area contributed by atoms with Crippen LogP contribution in [0.5, 0.6) is 0 Å². The Morgan fingerprint density at radius 3 is 2.38 bits per heavy atom. The number of aromatic nitrogens is 4. The van der Waals surface area contributed by atoms with E-state index in [9.17, 15) is 5.26 Å². The normalized spacial score (nSPS) is 20.6. The molecule has 2 heterocycles. The Hall–Kier alpha value is -1.78. The lowest BCUT2D eigenvalue weighted by Crippen LogP contribution is -2.23. The molecule has 0 spiro atoms. The highest BCUT2D eigenvalue weighted by Crippen LogP contribution is 2.60. The minimum absolute atomic E-state index is 0.382. The van der Waals surface area contributed by atoms with Gasteiger partial charge in [0.1, 0.15) is 25.2 Å². The third-order valence-corrected chi connectivity index (χ3v) is 12.4. The van der Waals surface area contributed by atoms with Gasteiger partial charge in [0.25, 0.3) is 0 Å². The van der Waals surface area contributed by atoms with Crippen LogP contribution in [0.1, 0.15) is 30.2 Å². The van der Waals surface area contributed by atoms with E-state index in [0.29, 0.717) is 30.4 Å². The summed E-state index contributed by atoms with van der Waals surface area (Å²) in [5.74, 6) is 1.53. The first-order valence-corrected chi connectivity index (χ1v) is 22.3. The number of ether oxygens (including phenoxy) is 2. The molecule has 1 aromatic carbocycles. The van der Waals surface area contributed by atoms with Crippen molar-refractivity contribution in [3.05, 3.63) is 33.4 Å². The SMILES string of the molecule is C[C@@]12Cc3c(c(-c4nc5cc(C#N)c(Br)cc5n4COCC[Si](C)(C)C)nn3COCC[Si](C)(C)C)C[C@@H]1C2. The maximum Gasteiger partial charge on any atom is 0.163 e. The van der Waals surface area contributed by atoms with E-state index in [1.807, 2.05) is 12.1 Å². The van der Waals surface area contributed by atoms with Crippen molar-refractivity contribution < 1.29 is 9.47 Å². The van der Waals surface area contributed by atoms with Crippen LogP contribution in [0.15, 0.2) is 16.6 Å². The van der Waals surface area contributed by atoms with Crippen LogP contribution in [0.4, 0.5) is 0 Å². The molecule has 0 saturated heterocycles. The number of benzene rings is 1. The number of nitriles is 1. The molecule has 7 nitrogen and oxygen atoms in total. The van der Waals surface area contributed by atoms with Gasteiger partial charge in [-0.25, -0.2) is 9.67 Å². The first-order chi connectivity index (χ1) is 18.3. The molecular weight excluding hydrogens is 586 g/mol. The summed E-state index contributed by atoms with van der Waals surface area (Å²) in [6, 6.07) is 8.38. The quantitative estimate of drug-likeness (QED) is 0.165. The Kier molecular flexibility index (Phi) is 7.79. The molecule has 210 valence electrons. The van der Waals surface area contributed by atoms with Crippen LogP contribution in [0.25, 0.3) is 22.6 Å². The van der Waals surface area contributed by atoms with E-state index in [0.717, 1.165) is 65.2 Å². The van der Waals surface area contributed by atoms with E-state index in [2.05, 4.69) is 77.5 Å². The smallest absolute Gasteiger partial charge is 0.163 e. The molecule has 0 unspecified atom stereocenters. The predicted octanol–water partition coefficient (Wildman–Crippen LogP) is 7.28. The van der Waals surface area contributed by atoms with E-state index in [1.165, 1.54) is 17.7 Å². The second kappa shape index (κ2) is 10.6. The average molecular weight is 629 g/mol. The van der Waals surface area contributed by atoms with Gasteiger partial charge in [-0.2, -0.15) is 10.4 Å². The van der Waals surface area contributed by atoms with E-state index >= 15 is 0 Å². The first-order valence-electron chi connectivity index (χ1n) is 14.1. The molecule has 0 N–H and O–H groups in total. The second-order valence-corrected chi connectivity index (χ2v) is 26.3. The number of imidazole rings is 1. The molecule has 0 bridgehead atoms. The van der Waals surface area contributed by atoms with Gasteiger partial charge in [-0.05, 0) is 70.7 Å². The molecule has 1 fully saturated rings. The fourth-order valence-electron chi connectivity index (χ4n) is 5.51. The number of rotatable bonds is 11. The van der Waals surface area contributed by atoms with Crippen LogP contribution in [0.2, 0.25) is 51.4 Å². The largest absolute Gasteiger partial charge is 0.361 e. The minimum atomic E-state index is -1.21. The standard InChI is InChI=1S/C29H42BrN5O2Si2/c1-29-15-21(29)13-22-26(16-29)35(19-37-9-11-39(5,6)7)33-27(22)28-32-24-12-20(17-31)23(30)14-25(24)34(28)18-36-8-10-38(2,3)4/h12,14,21H,8-11,13,15-16,18-19H2,1-7H3/t21-,29-/m1/s1. The van der Waals surface area contributed by atoms with Crippen molar-refractivity contribution in [1.82, 2.24) is 19.3 Å². The molecule has 5 rings (SSSR count). The lowest BCUT2D eigenvalue weighted by molar-refractivity contribution is 0.0756. The van der Waals surface area contributed by atoms with Gasteiger partial charge in [0, 0.05) is 45.1 Å². The predicted molar refractivity (Wildman–Crippen MR) is 165 cm³/mol. The summed E-state index contributed by atoms with van der Waals surface area (Å²) >= 11 is 3.59. The zero-order valence-corrected chi connectivity index (χ0v) is 28.1. The molecule has 2 aliphatic rings. The lowest BCUT2D eigenvalue weighted by Gasteiger charge is -2.20. The molecule has 0 aliphatic heterocycles. The van der Waals surface area contributed by atoms with Crippen LogP contribution in [0.3, 0.4) is 0 Å². The highest BCUT2D eigenvalue weighted by atomic mass is 79.9. The van der Waals surface area contributed by atoms with Crippen molar-refractivity contribution in [2.24, 2.45) is 11.3 Å². The zero-order chi connectivity index (χ0) is 28.2. The summed E-state index contributed by atoms with van der Waals surface area (Å²) in [5, 5.41) is 14.8. The summed E-state index contributed by atoms with van der Waals surface area (Å²) in [5.41, 5.74) is 6.25. The summed E-state index contributed by atoms with van der Waals surface area (Å²) < 4.78 is 17.4. The number of fused-ring (bicyclic) bond motifs is 3. The third kappa shape index (κ3) is 6.28. The van der Waals surface area contributed by atoms with Gasteiger partial charge in [-0.3, -0.25) is 4.57 Å². The molecule has 2 aromatic heterocycles. The molecular formula is C29H42BrN5O2Si2. The van der Waals surface area contributed by atoms with Gasteiger partial charge >= 0.3 is 0 Å². The average Bonchev–Trinajstić information content (AvgIpc) is 3.21. The summed E-state index contributed by atoms with van der Waals surface area (Å²) in [7, 11) is -2.37. The van der Waals surface area contributed by atoms with Crippen molar-refractivity contribution in [3.8, 4) is 17.6 Å². The number of hydrogen-bond donors (Lipinski definition) is 0. The first kappa shape index (κ1) is 28.7. The van der Waals surface area contributed by atoms with Gasteiger partial charge in [-0.15, -0.1) is 0 Å². The lowest BCUT2D eigenvalue weighted by atomic mass is 9.87. The Labute approximate surface area is 243 Å². The zero-order valence-electron chi connectivity index (χ0n) is 24.5. The monoisotopic (exact) mass is 627 g/mol. The molecule has 3 aromatic rings. The Morgan fingerprint density at radius 1 is 1.08 bits per heavy atom.